The van der Waals surface area contributed by atoms with Crippen molar-refractivity contribution in [3.05, 3.63) is 64.7 Å². The smallest absolute Gasteiger partial charge is 0.191 e. The number of nitrogens with zero attached hydrogens (tertiary/aromatic N) is 1. The third-order valence-corrected chi connectivity index (χ3v) is 2.93. The topological polar surface area (TPSA) is 59.0 Å². The number of hydrogen-bond acceptors (Lipinski definition) is 3. The van der Waals surface area contributed by atoms with Crippen molar-refractivity contribution in [3.63, 3.8) is 0 Å². The summed E-state index contributed by atoms with van der Waals surface area (Å²) in [5, 5.41) is 8.80. The van der Waals surface area contributed by atoms with Crippen molar-refractivity contribution in [3.8, 4) is 11.8 Å². The lowest BCUT2D eigenvalue weighted by Crippen LogP contribution is -2.05. The molecule has 0 atom stereocenters. The van der Waals surface area contributed by atoms with Crippen LogP contribution in [0.5, 0.6) is 5.75 Å². The molecule has 0 aliphatic heterocycles. The van der Waals surface area contributed by atoms with Crippen LogP contribution >= 0.6 is 0 Å². The molecular weight excluding hydrogens is 274 g/mol. The van der Waals surface area contributed by atoms with Gasteiger partial charge >= 0.3 is 0 Å². The quantitative estimate of drug-likeness (QED) is 0.920. The molecule has 21 heavy (non-hydrogen) atoms. The van der Waals surface area contributed by atoms with E-state index in [1.54, 1.807) is 24.3 Å². The third kappa shape index (κ3) is 3.77. The number of benzene rings is 2. The van der Waals surface area contributed by atoms with Gasteiger partial charge in [-0.05, 0) is 48.4 Å². The van der Waals surface area contributed by atoms with Crippen molar-refractivity contribution in [2.24, 2.45) is 5.73 Å². The van der Waals surface area contributed by atoms with Crippen LogP contribution in [0.1, 0.15) is 16.7 Å². The fourth-order valence-electron chi connectivity index (χ4n) is 1.95. The lowest BCUT2D eigenvalue weighted by atomic mass is 10.1. The van der Waals surface area contributed by atoms with Gasteiger partial charge in [0.25, 0.3) is 0 Å². The Balaban J connectivity index is 2.14. The average Bonchev–Trinajstić information content (AvgIpc) is 2.47. The fourth-order valence-corrected chi connectivity index (χ4v) is 1.95. The maximum absolute atomic E-state index is 13.8. The van der Waals surface area contributed by atoms with Crippen molar-refractivity contribution < 1.29 is 13.5 Å². The van der Waals surface area contributed by atoms with Gasteiger partial charge in [-0.1, -0.05) is 12.1 Å². The molecule has 3 nitrogen and oxygen atoms in total. The highest BCUT2D eigenvalue weighted by Gasteiger charge is 2.12. The van der Waals surface area contributed by atoms with E-state index >= 15 is 0 Å². The van der Waals surface area contributed by atoms with E-state index in [9.17, 15) is 8.78 Å². The molecule has 0 bridgehead atoms. The van der Waals surface area contributed by atoms with Crippen molar-refractivity contribution in [1.82, 2.24) is 0 Å². The number of hydrogen-bond donors (Lipinski definition) is 1. The maximum atomic E-state index is 13.8. The SMILES string of the molecule is N#Cc1cccc(COc2c(F)cc(CCN)cc2F)c1. The highest BCUT2D eigenvalue weighted by molar-refractivity contribution is 5.34. The Bertz CT molecular complexity index is 657. The molecule has 0 aliphatic carbocycles. The zero-order chi connectivity index (χ0) is 15.2. The zero-order valence-electron chi connectivity index (χ0n) is 11.3. The minimum atomic E-state index is -0.755. The predicted molar refractivity (Wildman–Crippen MR) is 74.6 cm³/mol. The molecule has 0 spiro atoms. The van der Waals surface area contributed by atoms with E-state index in [1.807, 2.05) is 6.07 Å². The van der Waals surface area contributed by atoms with Gasteiger partial charge in [-0.2, -0.15) is 5.26 Å². The minimum Gasteiger partial charge on any atom is -0.483 e. The molecular formula is C16H14F2N2O. The fraction of sp³-hybridized carbons (Fsp3) is 0.188. The second-order valence-corrected chi connectivity index (χ2v) is 4.53. The van der Waals surface area contributed by atoms with Gasteiger partial charge < -0.3 is 10.5 Å². The van der Waals surface area contributed by atoms with Crippen LogP contribution in [-0.2, 0) is 13.0 Å². The summed E-state index contributed by atoms with van der Waals surface area (Å²) in [6.45, 7) is 0.305. The van der Waals surface area contributed by atoms with Crippen LogP contribution < -0.4 is 10.5 Å². The Morgan fingerprint density at radius 3 is 2.43 bits per heavy atom. The Labute approximate surface area is 121 Å². The summed E-state index contributed by atoms with van der Waals surface area (Å²) in [6, 6.07) is 11.1. The van der Waals surface area contributed by atoms with Gasteiger partial charge in [-0.3, -0.25) is 0 Å². The van der Waals surface area contributed by atoms with E-state index in [1.165, 1.54) is 12.1 Å². The molecule has 0 radical (unpaired) electrons. The molecule has 5 heteroatoms. The summed E-state index contributed by atoms with van der Waals surface area (Å²) in [7, 11) is 0. The van der Waals surface area contributed by atoms with Crippen LogP contribution in [0.4, 0.5) is 8.78 Å². The number of nitrogens with two attached hydrogens (primary N) is 1. The van der Waals surface area contributed by atoms with Gasteiger partial charge in [0, 0.05) is 0 Å². The second-order valence-electron chi connectivity index (χ2n) is 4.53. The molecule has 0 saturated heterocycles. The van der Waals surface area contributed by atoms with Gasteiger partial charge in [0.2, 0.25) is 0 Å². The minimum absolute atomic E-state index is 0.0143. The van der Waals surface area contributed by atoms with Gasteiger partial charge in [-0.15, -0.1) is 0 Å². The van der Waals surface area contributed by atoms with Gasteiger partial charge in [0.1, 0.15) is 6.61 Å². The molecule has 0 heterocycles. The molecule has 2 aromatic carbocycles. The Morgan fingerprint density at radius 1 is 1.10 bits per heavy atom. The van der Waals surface area contributed by atoms with Crippen molar-refractivity contribution in [2.45, 2.75) is 13.0 Å². The second kappa shape index (κ2) is 6.82. The first kappa shape index (κ1) is 14.9. The number of nitriles is 1. The summed E-state index contributed by atoms with van der Waals surface area (Å²) in [6.07, 6.45) is 0.401. The van der Waals surface area contributed by atoms with E-state index < -0.39 is 17.4 Å². The van der Waals surface area contributed by atoms with Crippen molar-refractivity contribution in [2.75, 3.05) is 6.54 Å². The summed E-state index contributed by atoms with van der Waals surface area (Å²) < 4.78 is 32.8. The molecule has 0 amide bonds. The largest absolute Gasteiger partial charge is 0.483 e. The van der Waals surface area contributed by atoms with E-state index in [0.29, 0.717) is 29.7 Å². The first-order valence-corrected chi connectivity index (χ1v) is 6.44. The maximum Gasteiger partial charge on any atom is 0.191 e. The monoisotopic (exact) mass is 288 g/mol. The van der Waals surface area contributed by atoms with E-state index in [2.05, 4.69) is 0 Å². The van der Waals surface area contributed by atoms with Crippen molar-refractivity contribution in [1.29, 1.82) is 5.26 Å². The number of rotatable bonds is 5. The van der Waals surface area contributed by atoms with Gasteiger partial charge in [0.05, 0.1) is 11.6 Å². The van der Waals surface area contributed by atoms with Crippen LogP contribution in [0.3, 0.4) is 0 Å². The molecule has 2 rings (SSSR count). The highest BCUT2D eigenvalue weighted by atomic mass is 19.1. The van der Waals surface area contributed by atoms with Crippen LogP contribution in [0, 0.1) is 23.0 Å². The highest BCUT2D eigenvalue weighted by Crippen LogP contribution is 2.24. The lowest BCUT2D eigenvalue weighted by Gasteiger charge is -2.10. The van der Waals surface area contributed by atoms with Gasteiger partial charge in [0.15, 0.2) is 17.4 Å². The average molecular weight is 288 g/mol. The normalized spacial score (nSPS) is 10.2. The molecule has 0 saturated carbocycles. The molecule has 0 aromatic heterocycles. The van der Waals surface area contributed by atoms with Crippen LogP contribution in [0.15, 0.2) is 36.4 Å². The van der Waals surface area contributed by atoms with E-state index in [0.717, 1.165) is 0 Å². The molecule has 108 valence electrons. The zero-order valence-corrected chi connectivity index (χ0v) is 11.3. The third-order valence-electron chi connectivity index (χ3n) is 2.93. The first-order chi connectivity index (χ1) is 10.1. The Hall–Kier alpha value is -2.45. The van der Waals surface area contributed by atoms with E-state index in [-0.39, 0.29) is 6.61 Å². The molecule has 0 unspecified atom stereocenters. The first-order valence-electron chi connectivity index (χ1n) is 6.44. The van der Waals surface area contributed by atoms with Crippen molar-refractivity contribution >= 4 is 0 Å². The summed E-state index contributed by atoms with van der Waals surface area (Å²) >= 11 is 0. The number of halogens is 2. The number of ether oxygens (including phenoxy) is 1. The summed E-state index contributed by atoms with van der Waals surface area (Å²) in [5.74, 6) is -1.93. The van der Waals surface area contributed by atoms with Gasteiger partial charge in [-0.25, -0.2) is 8.78 Å². The lowest BCUT2D eigenvalue weighted by molar-refractivity contribution is 0.274. The molecule has 2 N–H and O–H groups in total. The standard InChI is InChI=1S/C16H14F2N2O/c17-14-7-11(4-5-19)8-15(18)16(14)21-10-13-3-1-2-12(6-13)9-20/h1-3,6-8H,4-5,10,19H2. The van der Waals surface area contributed by atoms with Crippen LogP contribution in [0.2, 0.25) is 0 Å². The Kier molecular flexibility index (Phi) is 4.85. The molecule has 0 aliphatic rings. The van der Waals surface area contributed by atoms with Crippen LogP contribution in [0.25, 0.3) is 0 Å². The summed E-state index contributed by atoms with van der Waals surface area (Å²) in [5.41, 5.74) is 6.98. The van der Waals surface area contributed by atoms with E-state index in [4.69, 9.17) is 15.7 Å². The summed E-state index contributed by atoms with van der Waals surface area (Å²) in [4.78, 5) is 0. The molecule has 2 aromatic rings. The molecule has 0 fully saturated rings. The predicted octanol–water partition coefficient (Wildman–Crippen LogP) is 2.92. The Morgan fingerprint density at radius 2 is 1.81 bits per heavy atom. The van der Waals surface area contributed by atoms with Crippen LogP contribution in [-0.4, -0.2) is 6.54 Å².